The molecule has 0 radical (unpaired) electrons. The minimum atomic E-state index is -1.14. The van der Waals surface area contributed by atoms with Gasteiger partial charge in [0.25, 0.3) is 0 Å². The maximum absolute atomic E-state index is 13.0. The first-order valence-corrected chi connectivity index (χ1v) is 11.7. The minimum Gasteiger partial charge on any atom is -0.391 e. The molecule has 0 bridgehead atoms. The van der Waals surface area contributed by atoms with Crippen LogP contribution >= 0.6 is 11.8 Å². The van der Waals surface area contributed by atoms with Crippen LogP contribution in [0.3, 0.4) is 0 Å². The maximum atomic E-state index is 13.0. The van der Waals surface area contributed by atoms with Crippen molar-refractivity contribution in [2.45, 2.75) is 30.6 Å². The van der Waals surface area contributed by atoms with Crippen molar-refractivity contribution in [3.05, 3.63) is 83.9 Å². The molecule has 0 amide bonds. The topological polar surface area (TPSA) is 89.5 Å². The van der Waals surface area contributed by atoms with E-state index < -0.39 is 23.2 Å². The monoisotopic (exact) mass is 461 g/mol. The van der Waals surface area contributed by atoms with Crippen molar-refractivity contribution in [3.63, 3.8) is 0 Å². The van der Waals surface area contributed by atoms with E-state index in [0.29, 0.717) is 35.9 Å². The van der Waals surface area contributed by atoms with Crippen LogP contribution in [0.2, 0.25) is 0 Å². The number of fused-ring (bicyclic) bond motifs is 1. The summed E-state index contributed by atoms with van der Waals surface area (Å²) in [6, 6.07) is 20.9. The molecule has 1 unspecified atom stereocenters. The summed E-state index contributed by atoms with van der Waals surface area (Å²) < 4.78 is 5.07. The highest BCUT2D eigenvalue weighted by atomic mass is 32.2. The molecule has 0 saturated carbocycles. The van der Waals surface area contributed by atoms with Crippen molar-refractivity contribution in [3.8, 4) is 0 Å². The standard InChI is InChI=1S/C26H23NO5S/c28-22(20-13-12-17-7-4-5-10-19(17)15-20)16-23(33-26(31)18-8-2-1-3-9-18)25(30)32-24(29)21-11-6-14-27-21/h1-5,7-10,12-13,15,21,23,27H,6,11,14,16H2/t21-,23?/m0/s1. The number of carbonyl (C=O) groups excluding carboxylic acids is 4. The molecule has 3 aromatic carbocycles. The van der Waals surface area contributed by atoms with Crippen molar-refractivity contribution in [2.24, 2.45) is 0 Å². The molecule has 0 aromatic heterocycles. The summed E-state index contributed by atoms with van der Waals surface area (Å²) in [5.74, 6) is -1.85. The molecule has 1 heterocycles. The summed E-state index contributed by atoms with van der Waals surface area (Å²) in [7, 11) is 0. The zero-order chi connectivity index (χ0) is 23.2. The second kappa shape index (κ2) is 10.6. The van der Waals surface area contributed by atoms with Gasteiger partial charge in [0.2, 0.25) is 5.12 Å². The van der Waals surface area contributed by atoms with Crippen molar-refractivity contribution < 1.29 is 23.9 Å². The molecule has 0 aliphatic carbocycles. The van der Waals surface area contributed by atoms with Gasteiger partial charge in [-0.1, -0.05) is 78.5 Å². The number of carbonyl (C=O) groups is 4. The van der Waals surface area contributed by atoms with Gasteiger partial charge in [0, 0.05) is 17.5 Å². The Balaban J connectivity index is 1.52. The number of ketones is 1. The molecule has 3 aromatic rings. The third kappa shape index (κ3) is 5.74. The van der Waals surface area contributed by atoms with E-state index in [0.717, 1.165) is 17.2 Å². The molecule has 1 aliphatic rings. The number of Topliss-reactive ketones (excluding diaryl/α,β-unsaturated/α-hetero) is 1. The second-order valence-electron chi connectivity index (χ2n) is 7.84. The number of rotatable bonds is 7. The van der Waals surface area contributed by atoms with Crippen LogP contribution in [0, 0.1) is 0 Å². The number of hydrogen-bond acceptors (Lipinski definition) is 7. The Morgan fingerprint density at radius 2 is 1.64 bits per heavy atom. The van der Waals surface area contributed by atoms with Gasteiger partial charge < -0.3 is 10.1 Å². The van der Waals surface area contributed by atoms with E-state index in [1.165, 1.54) is 0 Å². The summed E-state index contributed by atoms with van der Waals surface area (Å²) in [5.41, 5.74) is 0.838. The third-order valence-electron chi connectivity index (χ3n) is 5.51. The van der Waals surface area contributed by atoms with Gasteiger partial charge in [-0.3, -0.25) is 14.4 Å². The third-order valence-corrected chi connectivity index (χ3v) is 6.60. The highest BCUT2D eigenvalue weighted by molar-refractivity contribution is 8.15. The molecule has 2 atom stereocenters. The lowest BCUT2D eigenvalue weighted by Gasteiger charge is -2.16. The molecular formula is C26H23NO5S. The van der Waals surface area contributed by atoms with Crippen LogP contribution in [0.25, 0.3) is 10.8 Å². The Morgan fingerprint density at radius 3 is 2.36 bits per heavy atom. The predicted molar refractivity (Wildman–Crippen MR) is 127 cm³/mol. The molecule has 7 heteroatoms. The zero-order valence-corrected chi connectivity index (χ0v) is 18.7. The fourth-order valence-corrected chi connectivity index (χ4v) is 4.62. The normalized spacial score (nSPS) is 16.3. The maximum Gasteiger partial charge on any atom is 0.330 e. The summed E-state index contributed by atoms with van der Waals surface area (Å²) in [6.07, 6.45) is 1.15. The Hall–Kier alpha value is -3.29. The Labute approximate surface area is 195 Å². The average Bonchev–Trinajstić information content (AvgIpc) is 3.39. The summed E-state index contributed by atoms with van der Waals surface area (Å²) in [6.45, 7) is 0.680. The van der Waals surface area contributed by atoms with E-state index in [2.05, 4.69) is 5.32 Å². The largest absolute Gasteiger partial charge is 0.391 e. The highest BCUT2D eigenvalue weighted by Crippen LogP contribution is 2.25. The molecule has 1 saturated heterocycles. The SMILES string of the molecule is O=C(CC(SC(=O)c1ccccc1)C(=O)OC(=O)[C@@H]1CCCN1)c1ccc2ccccc2c1. The number of hydrogen-bond donors (Lipinski definition) is 1. The van der Waals surface area contributed by atoms with Gasteiger partial charge in [-0.25, -0.2) is 4.79 Å². The molecule has 6 nitrogen and oxygen atoms in total. The molecule has 4 rings (SSSR count). The van der Waals surface area contributed by atoms with Gasteiger partial charge in [-0.15, -0.1) is 0 Å². The Kier molecular flexibility index (Phi) is 7.32. The first kappa shape index (κ1) is 22.9. The van der Waals surface area contributed by atoms with E-state index in [1.54, 1.807) is 42.5 Å². The van der Waals surface area contributed by atoms with E-state index in [4.69, 9.17) is 4.74 Å². The lowest BCUT2D eigenvalue weighted by Crippen LogP contribution is -2.36. The van der Waals surface area contributed by atoms with Crippen LogP contribution in [0.4, 0.5) is 0 Å². The molecule has 33 heavy (non-hydrogen) atoms. The van der Waals surface area contributed by atoms with E-state index in [9.17, 15) is 19.2 Å². The van der Waals surface area contributed by atoms with E-state index in [1.807, 2.05) is 30.3 Å². The molecular weight excluding hydrogens is 438 g/mol. The molecule has 1 fully saturated rings. The number of benzene rings is 3. The average molecular weight is 462 g/mol. The zero-order valence-electron chi connectivity index (χ0n) is 17.9. The van der Waals surface area contributed by atoms with Gasteiger partial charge >= 0.3 is 11.9 Å². The molecule has 1 N–H and O–H groups in total. The fourth-order valence-electron chi connectivity index (χ4n) is 3.72. The minimum absolute atomic E-state index is 0.258. The summed E-state index contributed by atoms with van der Waals surface area (Å²) >= 11 is 0.710. The van der Waals surface area contributed by atoms with Gasteiger partial charge in [0.05, 0.1) is 0 Å². The second-order valence-corrected chi connectivity index (χ2v) is 9.01. The van der Waals surface area contributed by atoms with Gasteiger partial charge in [-0.05, 0) is 36.2 Å². The van der Waals surface area contributed by atoms with Crippen LogP contribution in [0.5, 0.6) is 0 Å². The number of esters is 2. The number of ether oxygens (including phenoxy) is 1. The van der Waals surface area contributed by atoms with Gasteiger partial charge in [-0.2, -0.15) is 0 Å². The summed E-state index contributed by atoms with van der Waals surface area (Å²) in [5, 5.41) is 3.38. The van der Waals surface area contributed by atoms with Crippen molar-refractivity contribution >= 4 is 45.4 Å². The van der Waals surface area contributed by atoms with E-state index in [-0.39, 0.29) is 17.3 Å². The fraction of sp³-hybridized carbons (Fsp3) is 0.231. The quantitative estimate of drug-likeness (QED) is 0.321. The highest BCUT2D eigenvalue weighted by Gasteiger charge is 2.32. The predicted octanol–water partition coefficient (Wildman–Crippen LogP) is 4.18. The Morgan fingerprint density at radius 1 is 0.909 bits per heavy atom. The molecule has 168 valence electrons. The van der Waals surface area contributed by atoms with Crippen LogP contribution in [-0.2, 0) is 14.3 Å². The number of nitrogens with one attached hydrogen (secondary N) is 1. The molecule has 0 spiro atoms. The number of thioether (sulfide) groups is 1. The van der Waals surface area contributed by atoms with Gasteiger partial charge in [0.15, 0.2) is 5.78 Å². The van der Waals surface area contributed by atoms with Crippen LogP contribution in [0.1, 0.15) is 40.0 Å². The van der Waals surface area contributed by atoms with Crippen LogP contribution < -0.4 is 5.32 Å². The lowest BCUT2D eigenvalue weighted by molar-refractivity contribution is -0.160. The first-order valence-electron chi connectivity index (χ1n) is 10.8. The van der Waals surface area contributed by atoms with Crippen molar-refractivity contribution in [2.75, 3.05) is 6.54 Å². The Bertz CT molecular complexity index is 1190. The molecule has 1 aliphatic heterocycles. The van der Waals surface area contributed by atoms with Crippen LogP contribution in [-0.4, -0.2) is 40.7 Å². The van der Waals surface area contributed by atoms with Gasteiger partial charge in [0.1, 0.15) is 11.3 Å². The van der Waals surface area contributed by atoms with Crippen molar-refractivity contribution in [1.29, 1.82) is 0 Å². The smallest absolute Gasteiger partial charge is 0.330 e. The summed E-state index contributed by atoms with van der Waals surface area (Å²) in [4.78, 5) is 51.0. The van der Waals surface area contributed by atoms with Crippen molar-refractivity contribution in [1.82, 2.24) is 5.32 Å². The lowest BCUT2D eigenvalue weighted by atomic mass is 10.0. The van der Waals surface area contributed by atoms with E-state index >= 15 is 0 Å². The van der Waals surface area contributed by atoms with Crippen LogP contribution in [0.15, 0.2) is 72.8 Å². The first-order chi connectivity index (χ1) is 16.0.